The van der Waals surface area contributed by atoms with E-state index in [1.807, 2.05) is 31.2 Å². The highest BCUT2D eigenvalue weighted by Crippen LogP contribution is 2.24. The summed E-state index contributed by atoms with van der Waals surface area (Å²) in [4.78, 5) is 25.4. The topological polar surface area (TPSA) is 70.6 Å². The second-order valence-corrected chi connectivity index (χ2v) is 6.93. The summed E-state index contributed by atoms with van der Waals surface area (Å²) in [5, 5.41) is 3.39. The van der Waals surface area contributed by atoms with Crippen molar-refractivity contribution in [2.75, 3.05) is 43.0 Å². The van der Waals surface area contributed by atoms with Gasteiger partial charge >= 0.3 is 6.09 Å². The van der Waals surface area contributed by atoms with Crippen molar-refractivity contribution in [1.82, 2.24) is 14.9 Å². The summed E-state index contributed by atoms with van der Waals surface area (Å²) in [5.74, 6) is 1.52. The number of hydrogen-bond donors (Lipinski definition) is 1. The maximum Gasteiger partial charge on any atom is 0.409 e. The van der Waals surface area contributed by atoms with Crippen LogP contribution < -0.4 is 10.2 Å². The van der Waals surface area contributed by atoms with E-state index < -0.39 is 0 Å². The highest BCUT2D eigenvalue weighted by molar-refractivity contribution is 5.68. The van der Waals surface area contributed by atoms with Crippen molar-refractivity contribution < 1.29 is 9.53 Å². The molecule has 1 aliphatic heterocycles. The Hall–Kier alpha value is -2.83. The Kier molecular flexibility index (Phi) is 6.68. The van der Waals surface area contributed by atoms with E-state index in [2.05, 4.69) is 36.2 Å². The van der Waals surface area contributed by atoms with Crippen molar-refractivity contribution in [3.8, 4) is 11.3 Å². The Labute approximate surface area is 166 Å². The lowest BCUT2D eigenvalue weighted by Gasteiger charge is -2.35. The van der Waals surface area contributed by atoms with Gasteiger partial charge in [-0.15, -0.1) is 0 Å². The summed E-state index contributed by atoms with van der Waals surface area (Å²) >= 11 is 0. The monoisotopic (exact) mass is 383 g/mol. The van der Waals surface area contributed by atoms with Crippen LogP contribution in [0.3, 0.4) is 0 Å². The van der Waals surface area contributed by atoms with Crippen molar-refractivity contribution in [3.05, 3.63) is 36.4 Å². The van der Waals surface area contributed by atoms with Gasteiger partial charge < -0.3 is 19.9 Å². The third-order valence-corrected chi connectivity index (χ3v) is 4.90. The van der Waals surface area contributed by atoms with Crippen LogP contribution >= 0.6 is 0 Å². The molecule has 0 saturated carbocycles. The first-order valence-electron chi connectivity index (χ1n) is 9.98. The van der Waals surface area contributed by atoms with Gasteiger partial charge in [-0.3, -0.25) is 0 Å². The third-order valence-electron chi connectivity index (χ3n) is 4.90. The van der Waals surface area contributed by atoms with Gasteiger partial charge in [0.05, 0.1) is 12.3 Å². The number of amides is 1. The lowest BCUT2D eigenvalue weighted by Crippen LogP contribution is -2.49. The Bertz CT molecular complexity index is 776. The molecule has 1 unspecified atom stereocenters. The van der Waals surface area contributed by atoms with Crippen LogP contribution in [0.15, 0.2) is 36.4 Å². The summed E-state index contributed by atoms with van der Waals surface area (Å²) in [6.07, 6.45) is 0.751. The number of piperazine rings is 1. The van der Waals surface area contributed by atoms with Gasteiger partial charge in [0.15, 0.2) is 0 Å². The maximum atomic E-state index is 11.9. The van der Waals surface area contributed by atoms with Crippen molar-refractivity contribution in [3.63, 3.8) is 0 Å². The molecule has 1 aliphatic rings. The zero-order chi connectivity index (χ0) is 19.9. The number of ether oxygens (including phenoxy) is 1. The minimum atomic E-state index is -0.242. The maximum absolute atomic E-state index is 11.9. The van der Waals surface area contributed by atoms with Gasteiger partial charge in [0.2, 0.25) is 5.95 Å². The Morgan fingerprint density at radius 1 is 1.14 bits per heavy atom. The number of nitrogens with one attached hydrogen (secondary N) is 1. The molecule has 0 spiro atoms. The van der Waals surface area contributed by atoms with E-state index in [0.717, 1.165) is 23.5 Å². The Morgan fingerprint density at radius 2 is 1.86 bits per heavy atom. The van der Waals surface area contributed by atoms with E-state index in [1.165, 1.54) is 0 Å². The summed E-state index contributed by atoms with van der Waals surface area (Å²) in [6, 6.07) is 12.4. The normalized spacial score (nSPS) is 15.2. The minimum absolute atomic E-state index is 0.242. The average Bonchev–Trinajstić information content (AvgIpc) is 2.74. The number of hydrogen-bond acceptors (Lipinski definition) is 6. The fourth-order valence-corrected chi connectivity index (χ4v) is 3.07. The number of carbonyl (C=O) groups excluding carboxylic acids is 1. The van der Waals surface area contributed by atoms with E-state index >= 15 is 0 Å². The fraction of sp³-hybridized carbons (Fsp3) is 0.476. The largest absolute Gasteiger partial charge is 0.450 e. The highest BCUT2D eigenvalue weighted by Gasteiger charge is 2.23. The number of nitrogens with zero attached hydrogens (tertiary/aromatic N) is 4. The van der Waals surface area contributed by atoms with Gasteiger partial charge in [0.1, 0.15) is 5.82 Å². The standard InChI is InChI=1S/C21H29N5O2/c1-4-16(3)22-20-23-18(17-9-7-6-8-10-17)15-19(24-20)25-11-13-26(14-12-25)21(27)28-5-2/h6-10,15-16H,4-5,11-14H2,1-3H3,(H,22,23,24). The van der Waals surface area contributed by atoms with E-state index in [1.54, 1.807) is 4.90 Å². The SMILES string of the molecule is CCOC(=O)N1CCN(c2cc(-c3ccccc3)nc(NC(C)CC)n2)CC1. The molecule has 1 N–H and O–H groups in total. The molecule has 2 heterocycles. The van der Waals surface area contributed by atoms with Gasteiger partial charge in [0, 0.05) is 43.9 Å². The third kappa shape index (κ3) is 4.91. The van der Waals surface area contributed by atoms with Crippen LogP contribution in [0.1, 0.15) is 27.2 Å². The molecule has 1 fully saturated rings. The van der Waals surface area contributed by atoms with E-state index in [9.17, 15) is 4.79 Å². The molecule has 150 valence electrons. The second kappa shape index (κ2) is 9.39. The molecule has 1 saturated heterocycles. The van der Waals surface area contributed by atoms with Crippen LogP contribution in [0.5, 0.6) is 0 Å². The first kappa shape index (κ1) is 19.9. The van der Waals surface area contributed by atoms with E-state index in [4.69, 9.17) is 14.7 Å². The average molecular weight is 383 g/mol. The van der Waals surface area contributed by atoms with Gasteiger partial charge in [-0.25, -0.2) is 9.78 Å². The summed E-state index contributed by atoms with van der Waals surface area (Å²) in [6.45, 7) is 9.15. The van der Waals surface area contributed by atoms with Crippen molar-refractivity contribution in [1.29, 1.82) is 0 Å². The lowest BCUT2D eigenvalue weighted by atomic mass is 10.1. The molecule has 2 aromatic rings. The number of benzene rings is 1. The molecule has 0 bridgehead atoms. The zero-order valence-electron chi connectivity index (χ0n) is 16.9. The van der Waals surface area contributed by atoms with Crippen molar-refractivity contribution in [2.45, 2.75) is 33.2 Å². The predicted molar refractivity (Wildman–Crippen MR) is 112 cm³/mol. The number of aromatic nitrogens is 2. The van der Waals surface area contributed by atoms with Crippen molar-refractivity contribution in [2.24, 2.45) is 0 Å². The fourth-order valence-electron chi connectivity index (χ4n) is 3.07. The molecule has 7 nitrogen and oxygen atoms in total. The second-order valence-electron chi connectivity index (χ2n) is 6.93. The Balaban J connectivity index is 1.82. The quantitative estimate of drug-likeness (QED) is 0.821. The number of rotatable bonds is 6. The molecule has 1 aromatic carbocycles. The van der Waals surface area contributed by atoms with Crippen LogP contribution in [0, 0.1) is 0 Å². The van der Waals surface area contributed by atoms with Crippen molar-refractivity contribution >= 4 is 17.9 Å². The van der Waals surface area contributed by atoms with Crippen LogP contribution in [0.25, 0.3) is 11.3 Å². The smallest absolute Gasteiger partial charge is 0.409 e. The molecule has 1 atom stereocenters. The minimum Gasteiger partial charge on any atom is -0.450 e. The molecular formula is C21H29N5O2. The molecule has 3 rings (SSSR count). The van der Waals surface area contributed by atoms with Gasteiger partial charge in [-0.2, -0.15) is 4.98 Å². The van der Waals surface area contributed by atoms with E-state index in [-0.39, 0.29) is 6.09 Å². The predicted octanol–water partition coefficient (Wildman–Crippen LogP) is 3.63. The molecule has 7 heteroatoms. The van der Waals surface area contributed by atoms with Crippen LogP contribution in [0.2, 0.25) is 0 Å². The molecule has 1 aromatic heterocycles. The molecular weight excluding hydrogens is 354 g/mol. The van der Waals surface area contributed by atoms with Gasteiger partial charge in [-0.05, 0) is 20.3 Å². The van der Waals surface area contributed by atoms with E-state index in [0.29, 0.717) is 44.8 Å². The molecule has 1 amide bonds. The summed E-state index contributed by atoms with van der Waals surface area (Å²) in [5.41, 5.74) is 1.95. The highest BCUT2D eigenvalue weighted by atomic mass is 16.6. The van der Waals surface area contributed by atoms with Crippen LogP contribution in [-0.4, -0.2) is 59.8 Å². The summed E-state index contributed by atoms with van der Waals surface area (Å²) in [7, 11) is 0. The first-order valence-corrected chi connectivity index (χ1v) is 9.98. The Morgan fingerprint density at radius 3 is 2.50 bits per heavy atom. The zero-order valence-corrected chi connectivity index (χ0v) is 16.9. The molecule has 0 aliphatic carbocycles. The molecule has 28 heavy (non-hydrogen) atoms. The first-order chi connectivity index (χ1) is 13.6. The number of carbonyl (C=O) groups is 1. The number of anilines is 2. The van der Waals surface area contributed by atoms with Crippen LogP contribution in [0.4, 0.5) is 16.6 Å². The summed E-state index contributed by atoms with van der Waals surface area (Å²) < 4.78 is 5.11. The van der Waals surface area contributed by atoms with Gasteiger partial charge in [-0.1, -0.05) is 37.3 Å². The van der Waals surface area contributed by atoms with Gasteiger partial charge in [0.25, 0.3) is 0 Å². The van der Waals surface area contributed by atoms with Crippen LogP contribution in [-0.2, 0) is 4.74 Å². The lowest BCUT2D eigenvalue weighted by molar-refractivity contribution is 0.105. The molecule has 0 radical (unpaired) electrons.